The molecule has 0 radical (unpaired) electrons. The third-order valence-electron chi connectivity index (χ3n) is 2.66. The van der Waals surface area contributed by atoms with Gasteiger partial charge in [0.15, 0.2) is 4.88 Å². The normalized spacial score (nSPS) is 10.8. The Bertz CT molecular complexity index is 781. The Kier molecular flexibility index (Phi) is 3.33. The molecule has 0 aromatic carbocycles. The molecule has 0 unspecified atom stereocenters. The van der Waals surface area contributed by atoms with Gasteiger partial charge >= 0.3 is 5.97 Å². The lowest BCUT2D eigenvalue weighted by Gasteiger charge is -2.02. The van der Waals surface area contributed by atoms with E-state index in [1.807, 2.05) is 0 Å². The van der Waals surface area contributed by atoms with E-state index in [2.05, 4.69) is 4.98 Å². The number of aromatic carboxylic acids is 1. The van der Waals surface area contributed by atoms with Crippen molar-refractivity contribution in [2.24, 2.45) is 0 Å². The van der Waals surface area contributed by atoms with Crippen molar-refractivity contribution in [2.75, 3.05) is 0 Å². The maximum Gasteiger partial charge on any atom is 0.349 e. The summed E-state index contributed by atoms with van der Waals surface area (Å²) in [6.45, 7) is 0.205. The second kappa shape index (κ2) is 5.15. The number of ether oxygens (including phenoxy) is 1. The van der Waals surface area contributed by atoms with Crippen molar-refractivity contribution < 1.29 is 14.6 Å². The monoisotopic (exact) mass is 308 g/mol. The third kappa shape index (κ3) is 2.48. The molecule has 0 atom stereocenters. The lowest BCUT2D eigenvalue weighted by molar-refractivity contribution is 0.0697. The predicted molar refractivity (Wildman–Crippen MR) is 75.8 cm³/mol. The standard InChI is InChI=1S/C13H9ClN2O3S/c14-8-1-2-11-15-9(6-16(11)5-8)7-19-10-3-4-20-12(10)13(17)18/h1-6H,7H2,(H,17,18). The van der Waals surface area contributed by atoms with Gasteiger partial charge in [0, 0.05) is 12.4 Å². The number of fused-ring (bicyclic) bond motifs is 1. The first-order valence-electron chi connectivity index (χ1n) is 5.70. The number of rotatable bonds is 4. The summed E-state index contributed by atoms with van der Waals surface area (Å²) in [7, 11) is 0. The van der Waals surface area contributed by atoms with Crippen LogP contribution in [0.4, 0.5) is 0 Å². The van der Waals surface area contributed by atoms with Crippen LogP contribution in [0.15, 0.2) is 36.0 Å². The van der Waals surface area contributed by atoms with Gasteiger partial charge in [0.2, 0.25) is 0 Å². The molecule has 102 valence electrons. The first kappa shape index (κ1) is 13.0. The summed E-state index contributed by atoms with van der Waals surface area (Å²) in [4.78, 5) is 15.5. The van der Waals surface area contributed by atoms with Crippen LogP contribution >= 0.6 is 22.9 Å². The smallest absolute Gasteiger partial charge is 0.349 e. The van der Waals surface area contributed by atoms with E-state index in [9.17, 15) is 4.79 Å². The topological polar surface area (TPSA) is 63.8 Å². The zero-order valence-electron chi connectivity index (χ0n) is 10.1. The van der Waals surface area contributed by atoms with Gasteiger partial charge in [-0.1, -0.05) is 11.6 Å². The summed E-state index contributed by atoms with van der Waals surface area (Å²) in [5, 5.41) is 11.3. The molecular formula is C13H9ClN2O3S. The number of pyridine rings is 1. The largest absolute Gasteiger partial charge is 0.485 e. The SMILES string of the molecule is O=C(O)c1sccc1OCc1cn2cc(Cl)ccc2n1. The molecule has 7 heteroatoms. The van der Waals surface area contributed by atoms with Gasteiger partial charge in [-0.15, -0.1) is 11.3 Å². The molecule has 3 heterocycles. The fourth-order valence-corrected chi connectivity index (χ4v) is 2.65. The minimum atomic E-state index is -0.989. The summed E-state index contributed by atoms with van der Waals surface area (Å²) < 4.78 is 7.30. The van der Waals surface area contributed by atoms with Crippen LogP contribution in [0.5, 0.6) is 5.75 Å². The van der Waals surface area contributed by atoms with Crippen LogP contribution in [0.3, 0.4) is 0 Å². The van der Waals surface area contributed by atoms with E-state index >= 15 is 0 Å². The maximum atomic E-state index is 11.0. The average molecular weight is 309 g/mol. The Morgan fingerprint density at radius 3 is 3.05 bits per heavy atom. The number of carboxylic acid groups (broad SMARTS) is 1. The van der Waals surface area contributed by atoms with E-state index in [0.29, 0.717) is 16.5 Å². The second-order valence-corrected chi connectivity index (χ2v) is 5.41. The summed E-state index contributed by atoms with van der Waals surface area (Å²) in [6.07, 6.45) is 3.55. The van der Waals surface area contributed by atoms with Gasteiger partial charge < -0.3 is 14.2 Å². The lowest BCUT2D eigenvalue weighted by atomic mass is 10.4. The Labute approximate surface area is 123 Å². The lowest BCUT2D eigenvalue weighted by Crippen LogP contribution is -2.00. The zero-order valence-corrected chi connectivity index (χ0v) is 11.7. The quantitative estimate of drug-likeness (QED) is 0.803. The van der Waals surface area contributed by atoms with Gasteiger partial charge in [0.05, 0.1) is 10.7 Å². The summed E-state index contributed by atoms with van der Waals surface area (Å²) in [5.74, 6) is -0.630. The first-order chi connectivity index (χ1) is 9.63. The molecule has 3 rings (SSSR count). The minimum Gasteiger partial charge on any atom is -0.485 e. The molecule has 0 amide bonds. The number of thiophene rings is 1. The van der Waals surface area contributed by atoms with Crippen LogP contribution in [0, 0.1) is 0 Å². The van der Waals surface area contributed by atoms with Crippen molar-refractivity contribution in [2.45, 2.75) is 6.61 Å². The van der Waals surface area contributed by atoms with Crippen molar-refractivity contribution in [1.82, 2.24) is 9.38 Å². The molecule has 0 saturated carbocycles. The molecule has 5 nitrogen and oxygen atoms in total. The van der Waals surface area contributed by atoms with E-state index in [1.54, 1.807) is 40.4 Å². The van der Waals surface area contributed by atoms with Crippen molar-refractivity contribution in [3.05, 3.63) is 51.6 Å². The molecule has 0 bridgehead atoms. The number of hydrogen-bond acceptors (Lipinski definition) is 4. The van der Waals surface area contributed by atoms with Crippen LogP contribution < -0.4 is 4.74 Å². The van der Waals surface area contributed by atoms with Crippen LogP contribution in [-0.4, -0.2) is 20.5 Å². The van der Waals surface area contributed by atoms with E-state index in [1.165, 1.54) is 0 Å². The molecule has 0 aliphatic carbocycles. The third-order valence-corrected chi connectivity index (χ3v) is 3.77. The molecule has 0 aliphatic rings. The van der Waals surface area contributed by atoms with Gasteiger partial charge in [-0.05, 0) is 23.6 Å². The van der Waals surface area contributed by atoms with Crippen LogP contribution in [0.1, 0.15) is 15.4 Å². The fraction of sp³-hybridized carbons (Fsp3) is 0.0769. The van der Waals surface area contributed by atoms with Crippen LogP contribution in [0.2, 0.25) is 5.02 Å². The number of carbonyl (C=O) groups is 1. The van der Waals surface area contributed by atoms with Crippen molar-refractivity contribution in [3.8, 4) is 5.75 Å². The number of imidazole rings is 1. The van der Waals surface area contributed by atoms with Crippen molar-refractivity contribution >= 4 is 34.6 Å². The second-order valence-electron chi connectivity index (χ2n) is 4.05. The molecule has 3 aromatic heterocycles. The summed E-state index contributed by atoms with van der Waals surface area (Å²) in [6, 6.07) is 5.20. The number of aromatic nitrogens is 2. The predicted octanol–water partition coefficient (Wildman–Crippen LogP) is 3.33. The Morgan fingerprint density at radius 2 is 2.25 bits per heavy atom. The van der Waals surface area contributed by atoms with Crippen LogP contribution in [0.25, 0.3) is 5.65 Å². The summed E-state index contributed by atoms with van der Waals surface area (Å²) >= 11 is 7.03. The van der Waals surface area contributed by atoms with Gasteiger partial charge in [0.1, 0.15) is 18.0 Å². The molecular weight excluding hydrogens is 300 g/mol. The fourth-order valence-electron chi connectivity index (χ4n) is 1.81. The first-order valence-corrected chi connectivity index (χ1v) is 6.96. The van der Waals surface area contributed by atoms with Gasteiger partial charge in [0.25, 0.3) is 0 Å². The average Bonchev–Trinajstić information content (AvgIpc) is 3.01. The van der Waals surface area contributed by atoms with E-state index in [-0.39, 0.29) is 11.5 Å². The maximum absolute atomic E-state index is 11.0. The van der Waals surface area contributed by atoms with Gasteiger partial charge in [-0.2, -0.15) is 0 Å². The zero-order chi connectivity index (χ0) is 14.1. The van der Waals surface area contributed by atoms with Crippen molar-refractivity contribution in [3.63, 3.8) is 0 Å². The van der Waals surface area contributed by atoms with E-state index < -0.39 is 5.97 Å². The Morgan fingerprint density at radius 1 is 1.40 bits per heavy atom. The molecule has 0 saturated heterocycles. The number of halogens is 1. The molecule has 0 aliphatic heterocycles. The van der Waals surface area contributed by atoms with Crippen molar-refractivity contribution in [1.29, 1.82) is 0 Å². The summed E-state index contributed by atoms with van der Waals surface area (Å²) in [5.41, 5.74) is 1.46. The van der Waals surface area contributed by atoms with Gasteiger partial charge in [-0.3, -0.25) is 0 Å². The van der Waals surface area contributed by atoms with E-state index in [0.717, 1.165) is 17.0 Å². The molecule has 1 N–H and O–H groups in total. The molecule has 20 heavy (non-hydrogen) atoms. The molecule has 0 fully saturated rings. The highest BCUT2D eigenvalue weighted by Gasteiger charge is 2.13. The number of carboxylic acids is 1. The molecule has 3 aromatic rings. The Balaban J connectivity index is 1.79. The van der Waals surface area contributed by atoms with Gasteiger partial charge in [-0.25, -0.2) is 9.78 Å². The number of hydrogen-bond donors (Lipinski definition) is 1. The molecule has 0 spiro atoms. The Hall–Kier alpha value is -2.05. The highest BCUT2D eigenvalue weighted by Crippen LogP contribution is 2.25. The van der Waals surface area contributed by atoms with E-state index in [4.69, 9.17) is 21.4 Å². The van der Waals surface area contributed by atoms with Crippen LogP contribution in [-0.2, 0) is 6.61 Å². The minimum absolute atomic E-state index is 0.191. The highest BCUT2D eigenvalue weighted by molar-refractivity contribution is 7.12. The number of nitrogens with zero attached hydrogens (tertiary/aromatic N) is 2. The highest BCUT2D eigenvalue weighted by atomic mass is 35.5.